The third kappa shape index (κ3) is 4.64. The Morgan fingerprint density at radius 2 is 1.80 bits per heavy atom. The van der Waals surface area contributed by atoms with E-state index in [9.17, 15) is 9.18 Å². The van der Waals surface area contributed by atoms with Crippen molar-refractivity contribution in [1.82, 2.24) is 24.9 Å². The van der Waals surface area contributed by atoms with Crippen LogP contribution in [0.15, 0.2) is 55.1 Å². The average Bonchev–Trinajstić information content (AvgIpc) is 3.17. The Morgan fingerprint density at radius 1 is 1.13 bits per heavy atom. The summed E-state index contributed by atoms with van der Waals surface area (Å²) in [6.45, 7) is 3.79. The number of halogens is 1. The number of pyridine rings is 1. The molecule has 0 unspecified atom stereocenters. The molecule has 0 spiro atoms. The molecule has 30 heavy (non-hydrogen) atoms. The first-order valence-corrected chi connectivity index (χ1v) is 9.32. The minimum absolute atomic E-state index is 0.0402. The van der Waals surface area contributed by atoms with Crippen molar-refractivity contribution < 1.29 is 9.18 Å². The number of hydrogen-bond acceptors (Lipinski definition) is 6. The van der Waals surface area contributed by atoms with E-state index in [1.54, 1.807) is 48.4 Å². The monoisotopic (exact) mass is 409 g/mol. The summed E-state index contributed by atoms with van der Waals surface area (Å²) in [5, 5.41) is 4.18. The summed E-state index contributed by atoms with van der Waals surface area (Å²) >= 11 is 0. The van der Waals surface area contributed by atoms with Crippen molar-refractivity contribution in [1.29, 1.82) is 0 Å². The molecule has 5 N–H and O–H groups in total. The summed E-state index contributed by atoms with van der Waals surface area (Å²) in [7, 11) is 1.64. The van der Waals surface area contributed by atoms with Crippen LogP contribution in [0.2, 0.25) is 0 Å². The molecule has 3 rings (SSSR count). The van der Waals surface area contributed by atoms with E-state index in [4.69, 9.17) is 11.6 Å². The van der Waals surface area contributed by atoms with Crippen molar-refractivity contribution in [3.05, 3.63) is 77.8 Å². The van der Waals surface area contributed by atoms with Gasteiger partial charge in [0.1, 0.15) is 29.4 Å². The Labute approximate surface area is 174 Å². The van der Waals surface area contributed by atoms with Gasteiger partial charge < -0.3 is 16.1 Å². The topological polar surface area (TPSA) is 115 Å². The van der Waals surface area contributed by atoms with Gasteiger partial charge in [-0.2, -0.15) is 0 Å². The molecule has 0 aliphatic heterocycles. The van der Waals surface area contributed by atoms with Crippen molar-refractivity contribution in [2.75, 3.05) is 7.05 Å². The summed E-state index contributed by atoms with van der Waals surface area (Å²) in [5.74, 6) is 6.03. The molecular weight excluding hydrogens is 385 g/mol. The van der Waals surface area contributed by atoms with Crippen LogP contribution in [0.4, 0.5) is 4.39 Å². The first-order valence-electron chi connectivity index (χ1n) is 9.32. The second-order valence-corrected chi connectivity index (χ2v) is 7.08. The smallest absolute Gasteiger partial charge is 0.253 e. The van der Waals surface area contributed by atoms with E-state index in [-0.39, 0.29) is 17.8 Å². The standard InChI is InChI=1S/C21H24FN7O/c1-13(2)27-21(30)15-6-9-18(25-10-15)29-11-17(26-12-29)20(28(3)24)19(23)14-4-7-16(22)8-5-14/h4-13H,23-24H2,1-3H3,(H,27,30)/b20-19-. The number of nitrogens with one attached hydrogen (secondary N) is 1. The minimum Gasteiger partial charge on any atom is -0.396 e. The Kier molecular flexibility index (Phi) is 6.12. The lowest BCUT2D eigenvalue weighted by Gasteiger charge is -2.18. The number of amides is 1. The van der Waals surface area contributed by atoms with Crippen molar-refractivity contribution in [3.8, 4) is 5.82 Å². The molecule has 0 atom stereocenters. The van der Waals surface area contributed by atoms with Gasteiger partial charge in [-0.1, -0.05) is 0 Å². The molecule has 156 valence electrons. The number of nitrogens with zero attached hydrogens (tertiary/aromatic N) is 4. The molecule has 0 fully saturated rings. The first-order chi connectivity index (χ1) is 14.3. The highest BCUT2D eigenvalue weighted by molar-refractivity contribution is 5.94. The van der Waals surface area contributed by atoms with Gasteiger partial charge >= 0.3 is 0 Å². The van der Waals surface area contributed by atoms with Crippen LogP contribution in [0.5, 0.6) is 0 Å². The van der Waals surface area contributed by atoms with Gasteiger partial charge in [0.15, 0.2) is 0 Å². The second kappa shape index (κ2) is 8.75. The van der Waals surface area contributed by atoms with Gasteiger partial charge in [-0.15, -0.1) is 0 Å². The molecule has 0 radical (unpaired) electrons. The molecule has 0 aliphatic carbocycles. The number of rotatable bonds is 6. The maximum Gasteiger partial charge on any atom is 0.253 e. The fraction of sp³-hybridized carbons (Fsp3) is 0.190. The first kappa shape index (κ1) is 21.0. The lowest BCUT2D eigenvalue weighted by molar-refractivity contribution is 0.0943. The molecule has 9 heteroatoms. The Balaban J connectivity index is 1.91. The quantitative estimate of drug-likeness (QED) is 0.424. The van der Waals surface area contributed by atoms with Crippen LogP contribution in [-0.2, 0) is 0 Å². The molecule has 8 nitrogen and oxygen atoms in total. The summed E-state index contributed by atoms with van der Waals surface area (Å²) in [5.41, 5.74) is 8.74. The second-order valence-electron chi connectivity index (χ2n) is 7.08. The van der Waals surface area contributed by atoms with Gasteiger partial charge in [-0.25, -0.2) is 20.2 Å². The Morgan fingerprint density at radius 3 is 2.37 bits per heavy atom. The zero-order chi connectivity index (χ0) is 21.8. The van der Waals surface area contributed by atoms with Crippen molar-refractivity contribution >= 4 is 17.3 Å². The number of hydrogen-bond donors (Lipinski definition) is 3. The number of hydrazine groups is 1. The van der Waals surface area contributed by atoms with E-state index < -0.39 is 0 Å². The summed E-state index contributed by atoms with van der Waals surface area (Å²) < 4.78 is 14.9. The zero-order valence-electron chi connectivity index (χ0n) is 17.0. The lowest BCUT2D eigenvalue weighted by atomic mass is 10.1. The minimum atomic E-state index is -0.352. The van der Waals surface area contributed by atoms with Crippen LogP contribution in [0.25, 0.3) is 17.2 Å². The highest BCUT2D eigenvalue weighted by Crippen LogP contribution is 2.23. The third-order valence-electron chi connectivity index (χ3n) is 4.28. The number of carbonyl (C=O) groups is 1. The highest BCUT2D eigenvalue weighted by Gasteiger charge is 2.16. The number of imidazole rings is 1. The molecule has 0 saturated carbocycles. The van der Waals surface area contributed by atoms with Gasteiger partial charge in [0, 0.05) is 25.5 Å². The third-order valence-corrected chi connectivity index (χ3v) is 4.28. The van der Waals surface area contributed by atoms with E-state index in [1.807, 2.05) is 13.8 Å². The Bertz CT molecular complexity index is 1050. The van der Waals surface area contributed by atoms with Crippen molar-refractivity contribution in [2.24, 2.45) is 11.6 Å². The average molecular weight is 409 g/mol. The highest BCUT2D eigenvalue weighted by atomic mass is 19.1. The van der Waals surface area contributed by atoms with Crippen LogP contribution in [0, 0.1) is 5.82 Å². The summed E-state index contributed by atoms with van der Waals surface area (Å²) in [6.07, 6.45) is 4.81. The van der Waals surface area contributed by atoms with Gasteiger partial charge in [0.25, 0.3) is 5.91 Å². The maximum atomic E-state index is 13.2. The van der Waals surface area contributed by atoms with E-state index in [1.165, 1.54) is 23.3 Å². The Hall–Kier alpha value is -3.72. The molecule has 0 bridgehead atoms. The normalized spacial score (nSPS) is 11.9. The molecule has 2 aromatic heterocycles. The fourth-order valence-corrected chi connectivity index (χ4v) is 2.86. The number of aromatic nitrogens is 3. The maximum absolute atomic E-state index is 13.2. The van der Waals surface area contributed by atoms with Crippen molar-refractivity contribution in [3.63, 3.8) is 0 Å². The van der Waals surface area contributed by atoms with Crippen LogP contribution in [-0.4, -0.2) is 38.5 Å². The molecule has 0 aliphatic rings. The van der Waals surface area contributed by atoms with Crippen LogP contribution in [0.3, 0.4) is 0 Å². The van der Waals surface area contributed by atoms with Gasteiger partial charge in [-0.05, 0) is 55.8 Å². The molecular formula is C21H24FN7O. The van der Waals surface area contributed by atoms with Gasteiger partial charge in [0.05, 0.1) is 11.3 Å². The molecule has 1 amide bonds. The zero-order valence-corrected chi connectivity index (χ0v) is 17.0. The van der Waals surface area contributed by atoms with Crippen LogP contribution < -0.4 is 16.9 Å². The van der Waals surface area contributed by atoms with E-state index in [0.717, 1.165) is 0 Å². The molecule has 0 saturated heterocycles. The summed E-state index contributed by atoms with van der Waals surface area (Å²) in [4.78, 5) is 20.8. The predicted octanol–water partition coefficient (Wildman–Crippen LogP) is 2.13. The van der Waals surface area contributed by atoms with Gasteiger partial charge in [0.2, 0.25) is 0 Å². The number of benzene rings is 1. The van der Waals surface area contributed by atoms with Crippen LogP contribution in [0.1, 0.15) is 35.5 Å². The SMILES string of the molecule is CC(C)NC(=O)c1ccc(-n2cnc(/C(=C(/N)c3ccc(F)cc3)N(C)N)c2)nc1. The van der Waals surface area contributed by atoms with E-state index in [2.05, 4.69) is 15.3 Å². The predicted molar refractivity (Wildman–Crippen MR) is 113 cm³/mol. The largest absolute Gasteiger partial charge is 0.396 e. The molecule has 1 aromatic carbocycles. The molecule has 2 heterocycles. The van der Waals surface area contributed by atoms with Gasteiger partial charge in [-0.3, -0.25) is 9.36 Å². The molecule has 3 aromatic rings. The van der Waals surface area contributed by atoms with Crippen molar-refractivity contribution in [2.45, 2.75) is 19.9 Å². The van der Waals surface area contributed by atoms with E-state index >= 15 is 0 Å². The van der Waals surface area contributed by atoms with E-state index in [0.29, 0.717) is 34.0 Å². The number of carbonyl (C=O) groups excluding carboxylic acids is 1. The lowest BCUT2D eigenvalue weighted by Crippen LogP contribution is -2.30. The van der Waals surface area contributed by atoms with Crippen LogP contribution >= 0.6 is 0 Å². The number of nitrogens with two attached hydrogens (primary N) is 2. The fourth-order valence-electron chi connectivity index (χ4n) is 2.86. The summed E-state index contributed by atoms with van der Waals surface area (Å²) in [6, 6.07) is 9.27.